The first kappa shape index (κ1) is 11.6. The van der Waals surface area contributed by atoms with E-state index in [0.717, 1.165) is 0 Å². The van der Waals surface area contributed by atoms with E-state index in [1.807, 2.05) is 0 Å². The highest BCUT2D eigenvalue weighted by molar-refractivity contribution is 7.54. The molecular formula is C7H13O4P. The van der Waals surface area contributed by atoms with Crippen LogP contribution in [-0.2, 0) is 18.4 Å². The van der Waals surface area contributed by atoms with Gasteiger partial charge in [0.1, 0.15) is 6.16 Å². The number of ketones is 1. The zero-order valence-electron chi connectivity index (χ0n) is 7.44. The molecule has 12 heavy (non-hydrogen) atoms. The van der Waals surface area contributed by atoms with Crippen LogP contribution < -0.4 is 0 Å². The van der Waals surface area contributed by atoms with E-state index in [1.54, 1.807) is 13.0 Å². The van der Waals surface area contributed by atoms with E-state index in [-0.39, 0.29) is 11.9 Å². The summed E-state index contributed by atoms with van der Waals surface area (Å²) >= 11 is 0. The second kappa shape index (κ2) is 5.25. The van der Waals surface area contributed by atoms with Gasteiger partial charge in [-0.1, -0.05) is 6.08 Å². The van der Waals surface area contributed by atoms with Crippen molar-refractivity contribution in [3.63, 3.8) is 0 Å². The van der Waals surface area contributed by atoms with Crippen molar-refractivity contribution in [1.82, 2.24) is 0 Å². The molecular weight excluding hydrogens is 179 g/mol. The molecule has 4 nitrogen and oxygen atoms in total. The van der Waals surface area contributed by atoms with E-state index in [9.17, 15) is 9.36 Å². The molecule has 0 fully saturated rings. The van der Waals surface area contributed by atoms with Gasteiger partial charge in [0.25, 0.3) is 0 Å². The van der Waals surface area contributed by atoms with Crippen LogP contribution in [0, 0.1) is 0 Å². The second-order valence-corrected chi connectivity index (χ2v) is 4.37. The molecule has 0 atom stereocenters. The lowest BCUT2D eigenvalue weighted by molar-refractivity contribution is -0.112. The third-order valence-electron chi connectivity index (χ3n) is 1.26. The summed E-state index contributed by atoms with van der Waals surface area (Å²) in [6.45, 7) is 1.71. The van der Waals surface area contributed by atoms with Crippen molar-refractivity contribution in [2.24, 2.45) is 0 Å². The first-order chi connectivity index (χ1) is 5.58. The zero-order chi connectivity index (χ0) is 9.61. The third kappa shape index (κ3) is 3.81. The van der Waals surface area contributed by atoms with E-state index in [0.29, 0.717) is 0 Å². The van der Waals surface area contributed by atoms with Crippen molar-refractivity contribution < 1.29 is 18.4 Å². The summed E-state index contributed by atoms with van der Waals surface area (Å²) in [6.07, 6.45) is 2.72. The Balaban J connectivity index is 4.22. The maximum absolute atomic E-state index is 11.3. The zero-order valence-corrected chi connectivity index (χ0v) is 8.34. The molecule has 0 rings (SSSR count). The minimum Gasteiger partial charge on any atom is -0.312 e. The number of carbonyl (C=O) groups is 1. The van der Waals surface area contributed by atoms with Crippen LogP contribution in [0.3, 0.4) is 0 Å². The first-order valence-electron chi connectivity index (χ1n) is 3.44. The molecule has 0 saturated carbocycles. The van der Waals surface area contributed by atoms with Crippen molar-refractivity contribution in [1.29, 1.82) is 0 Å². The van der Waals surface area contributed by atoms with Crippen molar-refractivity contribution in [2.45, 2.75) is 6.92 Å². The standard InChI is InChI=1S/C7H13O4P/c1-4-5-7(8)6-12(9,10-2)11-3/h4-5H,6H2,1-3H3/b5-4+. The van der Waals surface area contributed by atoms with Crippen LogP contribution in [0.2, 0.25) is 0 Å². The van der Waals surface area contributed by atoms with Crippen LogP contribution in [0.15, 0.2) is 12.2 Å². The van der Waals surface area contributed by atoms with Gasteiger partial charge in [0.15, 0.2) is 5.78 Å². The molecule has 0 amide bonds. The van der Waals surface area contributed by atoms with Crippen molar-refractivity contribution >= 4 is 13.4 Å². The fraction of sp³-hybridized carbons (Fsp3) is 0.571. The maximum Gasteiger partial charge on any atom is 0.337 e. The molecule has 0 unspecified atom stereocenters. The van der Waals surface area contributed by atoms with Crippen LogP contribution in [0.5, 0.6) is 0 Å². The third-order valence-corrected chi connectivity index (χ3v) is 3.07. The van der Waals surface area contributed by atoms with Gasteiger partial charge in [-0.2, -0.15) is 0 Å². The average Bonchev–Trinajstić information content (AvgIpc) is 2.05. The minimum absolute atomic E-state index is 0.204. The molecule has 5 heteroatoms. The Hall–Kier alpha value is -0.440. The lowest BCUT2D eigenvalue weighted by atomic mass is 10.4. The fourth-order valence-electron chi connectivity index (χ4n) is 0.633. The summed E-state index contributed by atoms with van der Waals surface area (Å²) in [7, 11) is -0.653. The second-order valence-electron chi connectivity index (χ2n) is 2.10. The summed E-state index contributed by atoms with van der Waals surface area (Å²) in [5.74, 6) is -0.260. The van der Waals surface area contributed by atoms with Crippen molar-refractivity contribution in [2.75, 3.05) is 20.4 Å². The molecule has 0 aliphatic carbocycles. The Morgan fingerprint density at radius 2 is 1.92 bits per heavy atom. The van der Waals surface area contributed by atoms with Gasteiger partial charge in [-0.25, -0.2) is 0 Å². The number of carbonyl (C=O) groups excluding carboxylic acids is 1. The van der Waals surface area contributed by atoms with Gasteiger partial charge in [-0.15, -0.1) is 0 Å². The Morgan fingerprint density at radius 3 is 2.25 bits per heavy atom. The monoisotopic (exact) mass is 192 g/mol. The lowest BCUT2D eigenvalue weighted by Gasteiger charge is -2.10. The molecule has 0 aromatic carbocycles. The van der Waals surface area contributed by atoms with Gasteiger partial charge in [-0.3, -0.25) is 9.36 Å². The quantitative estimate of drug-likeness (QED) is 0.490. The molecule has 0 aromatic heterocycles. The van der Waals surface area contributed by atoms with Crippen LogP contribution in [0.4, 0.5) is 0 Å². The van der Waals surface area contributed by atoms with Crippen LogP contribution in [0.25, 0.3) is 0 Å². The van der Waals surface area contributed by atoms with E-state index in [1.165, 1.54) is 20.3 Å². The van der Waals surface area contributed by atoms with E-state index in [4.69, 9.17) is 0 Å². The van der Waals surface area contributed by atoms with Gasteiger partial charge in [0.05, 0.1) is 0 Å². The summed E-state index contributed by atoms with van der Waals surface area (Å²) < 4.78 is 20.5. The van der Waals surface area contributed by atoms with Crippen LogP contribution in [0.1, 0.15) is 6.92 Å². The average molecular weight is 192 g/mol. The largest absolute Gasteiger partial charge is 0.337 e. The smallest absolute Gasteiger partial charge is 0.312 e. The first-order valence-corrected chi connectivity index (χ1v) is 5.17. The number of hydrogen-bond acceptors (Lipinski definition) is 4. The van der Waals surface area contributed by atoms with Gasteiger partial charge < -0.3 is 9.05 Å². The predicted molar refractivity (Wildman–Crippen MR) is 46.3 cm³/mol. The molecule has 0 saturated heterocycles. The Kier molecular flexibility index (Phi) is 5.06. The predicted octanol–water partition coefficient (Wildman–Crippen LogP) is 1.62. The molecule has 0 aliphatic heterocycles. The summed E-state index contributed by atoms with van der Waals surface area (Å²) in [4.78, 5) is 11.0. The highest BCUT2D eigenvalue weighted by Crippen LogP contribution is 2.45. The molecule has 0 radical (unpaired) electrons. The molecule has 0 N–H and O–H groups in total. The van der Waals surface area contributed by atoms with E-state index in [2.05, 4.69) is 9.05 Å². The van der Waals surface area contributed by atoms with E-state index >= 15 is 0 Å². The van der Waals surface area contributed by atoms with Gasteiger partial charge in [0.2, 0.25) is 0 Å². The van der Waals surface area contributed by atoms with Gasteiger partial charge in [-0.05, 0) is 13.0 Å². The summed E-state index contributed by atoms with van der Waals surface area (Å²) in [6, 6.07) is 0. The van der Waals surface area contributed by atoms with Crippen LogP contribution >= 0.6 is 7.60 Å². The Labute approximate surface area is 72.1 Å². The molecule has 0 bridgehead atoms. The fourth-order valence-corrected chi connectivity index (χ4v) is 1.53. The normalized spacial score (nSPS) is 12.2. The van der Waals surface area contributed by atoms with Gasteiger partial charge >= 0.3 is 7.60 Å². The molecule has 0 heterocycles. The Bertz CT molecular complexity index is 213. The number of allylic oxidation sites excluding steroid dienone is 2. The SMILES string of the molecule is C/C=C/C(=O)CP(=O)(OC)OC. The topological polar surface area (TPSA) is 52.6 Å². The van der Waals surface area contributed by atoms with Crippen molar-refractivity contribution in [3.05, 3.63) is 12.2 Å². The Morgan fingerprint density at radius 1 is 1.42 bits per heavy atom. The molecule has 0 aliphatic rings. The van der Waals surface area contributed by atoms with Gasteiger partial charge in [0, 0.05) is 14.2 Å². The van der Waals surface area contributed by atoms with Crippen molar-refractivity contribution in [3.8, 4) is 0 Å². The minimum atomic E-state index is -3.17. The van der Waals surface area contributed by atoms with Crippen LogP contribution in [-0.4, -0.2) is 26.2 Å². The molecule has 0 spiro atoms. The highest BCUT2D eigenvalue weighted by atomic mass is 31.2. The molecule has 0 aromatic rings. The summed E-state index contributed by atoms with van der Waals surface area (Å²) in [5.41, 5.74) is 0. The van der Waals surface area contributed by atoms with E-state index < -0.39 is 7.60 Å². The number of hydrogen-bond donors (Lipinski definition) is 0. The number of rotatable bonds is 5. The highest BCUT2D eigenvalue weighted by Gasteiger charge is 2.23. The maximum atomic E-state index is 11.3. The molecule has 70 valence electrons. The summed E-state index contributed by atoms with van der Waals surface area (Å²) in [5, 5.41) is 0. The lowest BCUT2D eigenvalue weighted by Crippen LogP contribution is -2.04.